The van der Waals surface area contributed by atoms with Gasteiger partial charge in [0.15, 0.2) is 0 Å². The van der Waals surface area contributed by atoms with Crippen LogP contribution in [0.2, 0.25) is 0 Å². The maximum absolute atomic E-state index is 12.9. The standard InChI is InChI=1S/C21H29NO3/c1-19(2,3)25-18(24)22-12-10-21(11-13-22)16-7-9-20(4,5)8-6-15(16)14-17(21)23/h6-9H,10-14H2,1-5H3. The summed E-state index contributed by atoms with van der Waals surface area (Å²) in [6, 6.07) is 0. The van der Waals surface area contributed by atoms with Crippen molar-refractivity contribution in [2.45, 2.75) is 59.5 Å². The summed E-state index contributed by atoms with van der Waals surface area (Å²) in [6.45, 7) is 11.1. The molecule has 1 saturated heterocycles. The number of piperidine rings is 1. The predicted molar refractivity (Wildman–Crippen MR) is 98.2 cm³/mol. The molecule has 4 heteroatoms. The Hall–Kier alpha value is -1.84. The second-order valence-corrected chi connectivity index (χ2v) is 9.08. The lowest BCUT2D eigenvalue weighted by Gasteiger charge is -2.40. The van der Waals surface area contributed by atoms with Gasteiger partial charge in [0.2, 0.25) is 0 Å². The van der Waals surface area contributed by atoms with Gasteiger partial charge >= 0.3 is 6.09 Å². The van der Waals surface area contributed by atoms with Gasteiger partial charge in [0.1, 0.15) is 11.4 Å². The van der Waals surface area contributed by atoms with Gasteiger partial charge in [-0.1, -0.05) is 38.2 Å². The van der Waals surface area contributed by atoms with Gasteiger partial charge in [-0.3, -0.25) is 4.79 Å². The first-order valence-corrected chi connectivity index (χ1v) is 9.16. The summed E-state index contributed by atoms with van der Waals surface area (Å²) in [5.41, 5.74) is 1.41. The third-order valence-corrected chi connectivity index (χ3v) is 5.41. The molecule has 1 spiro atoms. The number of rotatable bonds is 0. The number of allylic oxidation sites excluding steroid dienone is 6. The van der Waals surface area contributed by atoms with E-state index in [0.717, 1.165) is 5.57 Å². The molecule has 0 aromatic heterocycles. The van der Waals surface area contributed by atoms with Crippen LogP contribution in [0.1, 0.15) is 53.9 Å². The lowest BCUT2D eigenvalue weighted by atomic mass is 9.72. The Balaban J connectivity index is 1.78. The van der Waals surface area contributed by atoms with Gasteiger partial charge in [0, 0.05) is 24.9 Å². The molecule has 4 nitrogen and oxygen atoms in total. The number of Topliss-reactive ketones (excluding diaryl/α,β-unsaturated/α-hetero) is 1. The van der Waals surface area contributed by atoms with E-state index in [1.807, 2.05) is 20.8 Å². The summed E-state index contributed by atoms with van der Waals surface area (Å²) >= 11 is 0. The first-order valence-electron chi connectivity index (χ1n) is 9.16. The average molecular weight is 343 g/mol. The Bertz CT molecular complexity index is 680. The summed E-state index contributed by atoms with van der Waals surface area (Å²) in [4.78, 5) is 26.9. The summed E-state index contributed by atoms with van der Waals surface area (Å²) in [5, 5.41) is 0. The number of hydrogen-bond donors (Lipinski definition) is 0. The Morgan fingerprint density at radius 1 is 1.12 bits per heavy atom. The van der Waals surface area contributed by atoms with E-state index < -0.39 is 11.0 Å². The van der Waals surface area contributed by atoms with Crippen LogP contribution in [0.5, 0.6) is 0 Å². The van der Waals surface area contributed by atoms with Crippen molar-refractivity contribution >= 4 is 11.9 Å². The van der Waals surface area contributed by atoms with Crippen molar-refractivity contribution in [1.29, 1.82) is 0 Å². The molecule has 0 bridgehead atoms. The minimum Gasteiger partial charge on any atom is -0.444 e. The zero-order valence-electron chi connectivity index (χ0n) is 16.0. The van der Waals surface area contributed by atoms with E-state index in [4.69, 9.17) is 4.74 Å². The van der Waals surface area contributed by atoms with E-state index in [9.17, 15) is 9.59 Å². The highest BCUT2D eigenvalue weighted by Gasteiger charge is 2.49. The summed E-state index contributed by atoms with van der Waals surface area (Å²) < 4.78 is 5.47. The van der Waals surface area contributed by atoms with E-state index in [1.165, 1.54) is 5.57 Å². The maximum Gasteiger partial charge on any atom is 0.410 e. The molecule has 1 amide bonds. The van der Waals surface area contributed by atoms with E-state index in [2.05, 4.69) is 38.2 Å². The maximum atomic E-state index is 12.9. The molecule has 0 aromatic carbocycles. The summed E-state index contributed by atoms with van der Waals surface area (Å²) in [6.07, 6.45) is 10.2. The van der Waals surface area contributed by atoms with Crippen LogP contribution in [-0.2, 0) is 9.53 Å². The SMILES string of the molecule is CC1(C)C=CC2=C(C=C1)C1(CCN(C(=O)OC(C)(C)C)CC1)C(=O)C2. The number of hydrogen-bond acceptors (Lipinski definition) is 3. The molecule has 0 aromatic rings. The zero-order valence-corrected chi connectivity index (χ0v) is 16.0. The molecular formula is C21H29NO3. The van der Waals surface area contributed by atoms with Gasteiger partial charge in [-0.2, -0.15) is 0 Å². The van der Waals surface area contributed by atoms with E-state index in [1.54, 1.807) is 4.90 Å². The number of nitrogens with zero attached hydrogens (tertiary/aromatic N) is 1. The first-order chi connectivity index (χ1) is 11.5. The van der Waals surface area contributed by atoms with Crippen molar-refractivity contribution in [1.82, 2.24) is 4.90 Å². The quantitative estimate of drug-likeness (QED) is 0.654. The molecule has 0 saturated carbocycles. The van der Waals surface area contributed by atoms with E-state index in [-0.39, 0.29) is 11.5 Å². The lowest BCUT2D eigenvalue weighted by Crippen LogP contribution is -2.47. The van der Waals surface area contributed by atoms with Crippen molar-refractivity contribution in [2.24, 2.45) is 10.8 Å². The summed E-state index contributed by atoms with van der Waals surface area (Å²) in [7, 11) is 0. The molecule has 3 rings (SSSR count). The van der Waals surface area contributed by atoms with Gasteiger partial charge in [0.05, 0.1) is 5.41 Å². The number of fused-ring (bicyclic) bond motifs is 1. The number of ketones is 1. The lowest BCUT2D eigenvalue weighted by molar-refractivity contribution is -0.127. The van der Waals surface area contributed by atoms with Gasteiger partial charge in [0.25, 0.3) is 0 Å². The monoisotopic (exact) mass is 343 g/mol. The van der Waals surface area contributed by atoms with Crippen molar-refractivity contribution in [3.63, 3.8) is 0 Å². The topological polar surface area (TPSA) is 46.6 Å². The smallest absolute Gasteiger partial charge is 0.410 e. The highest BCUT2D eigenvalue weighted by molar-refractivity contribution is 5.96. The fourth-order valence-corrected chi connectivity index (χ4v) is 3.92. The molecule has 0 N–H and O–H groups in total. The predicted octanol–water partition coefficient (Wildman–Crippen LogP) is 4.43. The molecular weight excluding hydrogens is 314 g/mol. The van der Waals surface area contributed by atoms with Gasteiger partial charge in [-0.15, -0.1) is 0 Å². The highest BCUT2D eigenvalue weighted by atomic mass is 16.6. The first kappa shape index (κ1) is 18.0. The van der Waals surface area contributed by atoms with Crippen LogP contribution in [0.15, 0.2) is 35.5 Å². The Morgan fingerprint density at radius 2 is 1.72 bits per heavy atom. The summed E-state index contributed by atoms with van der Waals surface area (Å²) in [5.74, 6) is 0.301. The van der Waals surface area contributed by atoms with Gasteiger partial charge < -0.3 is 9.64 Å². The Morgan fingerprint density at radius 3 is 2.32 bits per heavy atom. The van der Waals surface area contributed by atoms with E-state index in [0.29, 0.717) is 38.1 Å². The van der Waals surface area contributed by atoms with Gasteiger partial charge in [-0.25, -0.2) is 4.79 Å². The van der Waals surface area contributed by atoms with Crippen LogP contribution in [0.4, 0.5) is 4.79 Å². The molecule has 2 aliphatic carbocycles. The second kappa shape index (κ2) is 5.86. The average Bonchev–Trinajstić information content (AvgIpc) is 2.63. The Kier molecular flexibility index (Phi) is 4.21. The van der Waals surface area contributed by atoms with Crippen molar-refractivity contribution in [3.8, 4) is 0 Å². The number of amides is 1. The number of likely N-dealkylation sites (tertiary alicyclic amines) is 1. The molecule has 1 fully saturated rings. The van der Waals surface area contributed by atoms with E-state index >= 15 is 0 Å². The molecule has 0 radical (unpaired) electrons. The third kappa shape index (κ3) is 3.44. The molecule has 0 unspecified atom stereocenters. The number of carbonyl (C=O) groups is 2. The molecule has 136 valence electrons. The van der Waals surface area contributed by atoms with Crippen molar-refractivity contribution in [2.75, 3.05) is 13.1 Å². The van der Waals surface area contributed by atoms with Crippen LogP contribution in [0.3, 0.4) is 0 Å². The molecule has 25 heavy (non-hydrogen) atoms. The minimum absolute atomic E-state index is 0.00575. The van der Waals surface area contributed by atoms with Gasteiger partial charge in [-0.05, 0) is 44.8 Å². The fourth-order valence-electron chi connectivity index (χ4n) is 3.92. The fraction of sp³-hybridized carbons (Fsp3) is 0.619. The molecule has 1 aliphatic heterocycles. The van der Waals surface area contributed by atoms with Crippen molar-refractivity contribution in [3.05, 3.63) is 35.5 Å². The number of ether oxygens (including phenoxy) is 1. The Labute approximate surface area is 150 Å². The molecule has 1 heterocycles. The van der Waals surface area contributed by atoms with Crippen LogP contribution in [0.25, 0.3) is 0 Å². The van der Waals surface area contributed by atoms with Crippen LogP contribution >= 0.6 is 0 Å². The highest BCUT2D eigenvalue weighted by Crippen LogP contribution is 2.50. The van der Waals surface area contributed by atoms with Crippen LogP contribution in [-0.4, -0.2) is 35.5 Å². The second-order valence-electron chi connectivity index (χ2n) is 9.08. The normalized spacial score (nSPS) is 24.5. The third-order valence-electron chi connectivity index (χ3n) is 5.41. The largest absolute Gasteiger partial charge is 0.444 e. The van der Waals surface area contributed by atoms with Crippen LogP contribution < -0.4 is 0 Å². The zero-order chi connectivity index (χ0) is 18.5. The minimum atomic E-state index is -0.495. The van der Waals surface area contributed by atoms with Crippen LogP contribution in [0, 0.1) is 10.8 Å². The molecule has 0 atom stereocenters. The number of carbonyl (C=O) groups excluding carboxylic acids is 2. The molecule has 3 aliphatic rings. The van der Waals surface area contributed by atoms with Crippen molar-refractivity contribution < 1.29 is 14.3 Å².